The molecule has 1 atom stereocenters. The SMILES string of the molecule is CNCCCC(C)N(C)C1CCC(C)(C)CC1. The average molecular weight is 240 g/mol. The summed E-state index contributed by atoms with van der Waals surface area (Å²) in [6.07, 6.45) is 8.17. The van der Waals surface area contributed by atoms with E-state index < -0.39 is 0 Å². The molecule has 102 valence electrons. The molecule has 0 heterocycles. The van der Waals surface area contributed by atoms with E-state index in [0.717, 1.165) is 18.6 Å². The zero-order chi connectivity index (χ0) is 12.9. The minimum Gasteiger partial charge on any atom is -0.320 e. The summed E-state index contributed by atoms with van der Waals surface area (Å²) >= 11 is 0. The van der Waals surface area contributed by atoms with Crippen molar-refractivity contribution in [3.63, 3.8) is 0 Å². The molecule has 2 nitrogen and oxygen atoms in total. The van der Waals surface area contributed by atoms with Crippen LogP contribution in [0, 0.1) is 5.41 Å². The van der Waals surface area contributed by atoms with E-state index in [1.165, 1.54) is 38.5 Å². The van der Waals surface area contributed by atoms with Crippen molar-refractivity contribution in [2.24, 2.45) is 5.41 Å². The number of nitrogens with zero attached hydrogens (tertiary/aromatic N) is 1. The van der Waals surface area contributed by atoms with Gasteiger partial charge < -0.3 is 10.2 Å². The molecule has 1 N–H and O–H groups in total. The minimum atomic E-state index is 0.590. The van der Waals surface area contributed by atoms with E-state index in [4.69, 9.17) is 0 Å². The van der Waals surface area contributed by atoms with Gasteiger partial charge in [-0.3, -0.25) is 0 Å². The molecule has 2 heteroatoms. The molecule has 0 spiro atoms. The third-order valence-electron chi connectivity index (χ3n) is 4.63. The molecule has 0 saturated heterocycles. The van der Waals surface area contributed by atoms with Gasteiger partial charge in [-0.2, -0.15) is 0 Å². The molecule has 1 aliphatic carbocycles. The lowest BCUT2D eigenvalue weighted by molar-refractivity contribution is 0.0962. The van der Waals surface area contributed by atoms with Crippen LogP contribution in [0.25, 0.3) is 0 Å². The van der Waals surface area contributed by atoms with E-state index in [0.29, 0.717) is 5.41 Å². The van der Waals surface area contributed by atoms with Gasteiger partial charge in [0.1, 0.15) is 0 Å². The van der Waals surface area contributed by atoms with Crippen LogP contribution in [0.15, 0.2) is 0 Å². The molecular weight excluding hydrogens is 208 g/mol. The van der Waals surface area contributed by atoms with Crippen molar-refractivity contribution >= 4 is 0 Å². The molecule has 0 radical (unpaired) electrons. The number of nitrogens with one attached hydrogen (secondary N) is 1. The molecule has 0 amide bonds. The van der Waals surface area contributed by atoms with Gasteiger partial charge in [0.05, 0.1) is 0 Å². The van der Waals surface area contributed by atoms with Crippen molar-refractivity contribution in [3.8, 4) is 0 Å². The zero-order valence-corrected chi connectivity index (χ0v) is 12.6. The maximum atomic E-state index is 3.23. The van der Waals surface area contributed by atoms with E-state index in [-0.39, 0.29) is 0 Å². The molecule has 0 aliphatic heterocycles. The summed E-state index contributed by atoms with van der Waals surface area (Å²) in [5, 5.41) is 3.23. The third-order valence-corrected chi connectivity index (χ3v) is 4.63. The van der Waals surface area contributed by atoms with Crippen LogP contribution in [0.4, 0.5) is 0 Å². The molecule has 0 aromatic carbocycles. The van der Waals surface area contributed by atoms with Gasteiger partial charge in [-0.05, 0) is 71.5 Å². The molecule has 1 saturated carbocycles. The number of hydrogen-bond acceptors (Lipinski definition) is 2. The maximum absolute atomic E-state index is 3.23. The molecule has 1 fully saturated rings. The number of hydrogen-bond donors (Lipinski definition) is 1. The van der Waals surface area contributed by atoms with E-state index in [9.17, 15) is 0 Å². The fraction of sp³-hybridized carbons (Fsp3) is 1.00. The highest BCUT2D eigenvalue weighted by Gasteiger charge is 2.29. The first kappa shape index (κ1) is 15.0. The molecule has 1 aliphatic rings. The molecule has 0 aromatic heterocycles. The van der Waals surface area contributed by atoms with Crippen LogP contribution in [0.3, 0.4) is 0 Å². The Hall–Kier alpha value is -0.0800. The maximum Gasteiger partial charge on any atom is 0.00954 e. The van der Waals surface area contributed by atoms with Crippen LogP contribution in [0.1, 0.15) is 59.3 Å². The third kappa shape index (κ3) is 4.97. The first-order valence-corrected chi connectivity index (χ1v) is 7.33. The van der Waals surface area contributed by atoms with E-state index in [2.05, 4.69) is 38.0 Å². The summed E-state index contributed by atoms with van der Waals surface area (Å²) in [5.41, 5.74) is 0.590. The smallest absolute Gasteiger partial charge is 0.00954 e. The van der Waals surface area contributed by atoms with Gasteiger partial charge >= 0.3 is 0 Å². The van der Waals surface area contributed by atoms with E-state index in [1.54, 1.807) is 0 Å². The molecule has 0 bridgehead atoms. The second-order valence-electron chi connectivity index (χ2n) is 6.66. The van der Waals surface area contributed by atoms with Crippen LogP contribution in [0.5, 0.6) is 0 Å². The first-order chi connectivity index (χ1) is 7.96. The molecule has 1 rings (SSSR count). The average Bonchev–Trinajstić information content (AvgIpc) is 2.28. The lowest BCUT2D eigenvalue weighted by Crippen LogP contribution is -2.42. The second-order valence-corrected chi connectivity index (χ2v) is 6.66. The Morgan fingerprint density at radius 2 is 1.88 bits per heavy atom. The summed E-state index contributed by atoms with van der Waals surface area (Å²) in [7, 11) is 4.37. The summed E-state index contributed by atoms with van der Waals surface area (Å²) < 4.78 is 0. The molecule has 1 unspecified atom stereocenters. The Morgan fingerprint density at radius 1 is 1.29 bits per heavy atom. The minimum absolute atomic E-state index is 0.590. The highest BCUT2D eigenvalue weighted by atomic mass is 15.2. The van der Waals surface area contributed by atoms with Gasteiger partial charge in [0.2, 0.25) is 0 Å². The predicted molar refractivity (Wildman–Crippen MR) is 76.4 cm³/mol. The lowest BCUT2D eigenvalue weighted by atomic mass is 9.75. The van der Waals surface area contributed by atoms with Crippen LogP contribution >= 0.6 is 0 Å². The van der Waals surface area contributed by atoms with Gasteiger partial charge in [0, 0.05) is 12.1 Å². The fourth-order valence-electron chi connectivity index (χ4n) is 2.93. The van der Waals surface area contributed by atoms with Crippen molar-refractivity contribution in [1.82, 2.24) is 10.2 Å². The predicted octanol–water partition coefficient (Wildman–Crippen LogP) is 3.28. The molecule has 0 aromatic rings. The first-order valence-electron chi connectivity index (χ1n) is 7.33. The van der Waals surface area contributed by atoms with Crippen LogP contribution in [-0.2, 0) is 0 Å². The van der Waals surface area contributed by atoms with E-state index in [1.807, 2.05) is 7.05 Å². The standard InChI is InChI=1S/C15H32N2/c1-13(7-6-12-16-4)17(5)14-8-10-15(2,3)11-9-14/h13-14,16H,6-12H2,1-5H3. The van der Waals surface area contributed by atoms with Crippen molar-refractivity contribution in [2.45, 2.75) is 71.4 Å². The highest BCUT2D eigenvalue weighted by Crippen LogP contribution is 2.37. The van der Waals surface area contributed by atoms with Crippen LogP contribution < -0.4 is 5.32 Å². The highest BCUT2D eigenvalue weighted by molar-refractivity contribution is 4.84. The topological polar surface area (TPSA) is 15.3 Å². The zero-order valence-electron chi connectivity index (χ0n) is 12.6. The van der Waals surface area contributed by atoms with Crippen LogP contribution in [0.2, 0.25) is 0 Å². The van der Waals surface area contributed by atoms with Gasteiger partial charge in [-0.1, -0.05) is 13.8 Å². The van der Waals surface area contributed by atoms with Gasteiger partial charge in [-0.15, -0.1) is 0 Å². The Morgan fingerprint density at radius 3 is 2.41 bits per heavy atom. The summed E-state index contributed by atoms with van der Waals surface area (Å²) in [4.78, 5) is 2.63. The normalized spacial score (nSPS) is 22.9. The lowest BCUT2D eigenvalue weighted by Gasteiger charge is -2.41. The van der Waals surface area contributed by atoms with Gasteiger partial charge in [0.15, 0.2) is 0 Å². The van der Waals surface area contributed by atoms with Crippen molar-refractivity contribution in [3.05, 3.63) is 0 Å². The van der Waals surface area contributed by atoms with E-state index >= 15 is 0 Å². The van der Waals surface area contributed by atoms with Crippen LogP contribution in [-0.4, -0.2) is 37.6 Å². The fourth-order valence-corrected chi connectivity index (χ4v) is 2.93. The molecule has 17 heavy (non-hydrogen) atoms. The van der Waals surface area contributed by atoms with Crippen molar-refractivity contribution < 1.29 is 0 Å². The van der Waals surface area contributed by atoms with Crippen molar-refractivity contribution in [1.29, 1.82) is 0 Å². The largest absolute Gasteiger partial charge is 0.320 e. The summed E-state index contributed by atoms with van der Waals surface area (Å²) in [6.45, 7) is 8.37. The van der Waals surface area contributed by atoms with Crippen molar-refractivity contribution in [2.75, 3.05) is 20.6 Å². The van der Waals surface area contributed by atoms with Gasteiger partial charge in [0.25, 0.3) is 0 Å². The Labute approximate surface area is 108 Å². The Balaban J connectivity index is 2.29. The summed E-state index contributed by atoms with van der Waals surface area (Å²) in [6, 6.07) is 1.56. The monoisotopic (exact) mass is 240 g/mol. The summed E-state index contributed by atoms with van der Waals surface area (Å²) in [5.74, 6) is 0. The number of rotatable bonds is 6. The van der Waals surface area contributed by atoms with Gasteiger partial charge in [-0.25, -0.2) is 0 Å². The molecular formula is C15H32N2. The second kappa shape index (κ2) is 6.75. The Kier molecular flexibility index (Phi) is 5.94. The Bertz CT molecular complexity index is 203. The quantitative estimate of drug-likeness (QED) is 0.717.